The first-order chi connectivity index (χ1) is 12.9. The van der Waals surface area contributed by atoms with Gasteiger partial charge in [0.15, 0.2) is 0 Å². The van der Waals surface area contributed by atoms with Crippen molar-refractivity contribution in [3.63, 3.8) is 0 Å². The first kappa shape index (κ1) is 19.3. The number of furan rings is 1. The van der Waals surface area contributed by atoms with Gasteiger partial charge in [0.2, 0.25) is 0 Å². The summed E-state index contributed by atoms with van der Waals surface area (Å²) in [6, 6.07) is 1.99. The van der Waals surface area contributed by atoms with Gasteiger partial charge >= 0.3 is 0 Å². The van der Waals surface area contributed by atoms with Crippen molar-refractivity contribution in [2.24, 2.45) is 0 Å². The molecule has 2 atom stereocenters. The fourth-order valence-electron chi connectivity index (χ4n) is 3.88. The number of hydrogen-bond acceptors (Lipinski definition) is 4. The molecule has 0 saturated carbocycles. The SMILES string of the molecule is CCC(C)n1c(NC2CCCc3occc32)c(C(=O)NC)c(C)c(C)c1=O. The fourth-order valence-corrected chi connectivity index (χ4v) is 3.88. The molecule has 0 fully saturated rings. The third-order valence-corrected chi connectivity index (χ3v) is 5.80. The highest BCUT2D eigenvalue weighted by Crippen LogP contribution is 2.35. The number of hydrogen-bond donors (Lipinski definition) is 2. The van der Waals surface area contributed by atoms with E-state index in [4.69, 9.17) is 4.42 Å². The van der Waals surface area contributed by atoms with E-state index in [1.807, 2.05) is 26.8 Å². The molecule has 0 saturated heterocycles. The Morgan fingerprint density at radius 2 is 2.11 bits per heavy atom. The van der Waals surface area contributed by atoms with Crippen molar-refractivity contribution in [1.82, 2.24) is 9.88 Å². The minimum Gasteiger partial charge on any atom is -0.469 e. The highest BCUT2D eigenvalue weighted by Gasteiger charge is 2.28. The van der Waals surface area contributed by atoms with Gasteiger partial charge in [-0.15, -0.1) is 0 Å². The molecule has 2 N–H and O–H groups in total. The van der Waals surface area contributed by atoms with E-state index in [0.717, 1.165) is 42.6 Å². The maximum atomic E-state index is 13.1. The molecule has 1 aliphatic carbocycles. The van der Waals surface area contributed by atoms with Gasteiger partial charge in [-0.2, -0.15) is 0 Å². The Morgan fingerprint density at radius 3 is 2.78 bits per heavy atom. The predicted molar refractivity (Wildman–Crippen MR) is 107 cm³/mol. The molecule has 2 aromatic rings. The molecule has 0 bridgehead atoms. The lowest BCUT2D eigenvalue weighted by molar-refractivity contribution is 0.0962. The van der Waals surface area contributed by atoms with Crippen molar-refractivity contribution in [2.45, 2.75) is 65.5 Å². The maximum absolute atomic E-state index is 13.1. The topological polar surface area (TPSA) is 76.3 Å². The third-order valence-electron chi connectivity index (χ3n) is 5.80. The molecular weight excluding hydrogens is 342 g/mol. The predicted octanol–water partition coefficient (Wildman–Crippen LogP) is 3.88. The summed E-state index contributed by atoms with van der Waals surface area (Å²) in [4.78, 5) is 25.8. The van der Waals surface area contributed by atoms with Crippen molar-refractivity contribution >= 4 is 11.7 Å². The van der Waals surface area contributed by atoms with E-state index in [1.165, 1.54) is 0 Å². The molecule has 0 aliphatic heterocycles. The van der Waals surface area contributed by atoms with Crippen LogP contribution in [0.25, 0.3) is 0 Å². The van der Waals surface area contributed by atoms with Crippen LogP contribution in [0.4, 0.5) is 5.82 Å². The molecule has 27 heavy (non-hydrogen) atoms. The Morgan fingerprint density at radius 1 is 1.37 bits per heavy atom. The van der Waals surface area contributed by atoms with E-state index in [2.05, 4.69) is 10.6 Å². The van der Waals surface area contributed by atoms with E-state index in [0.29, 0.717) is 16.9 Å². The van der Waals surface area contributed by atoms with Crippen LogP contribution in [0.3, 0.4) is 0 Å². The van der Waals surface area contributed by atoms with E-state index >= 15 is 0 Å². The summed E-state index contributed by atoms with van der Waals surface area (Å²) in [5.74, 6) is 1.41. The molecular formula is C21H29N3O3. The van der Waals surface area contributed by atoms with Crippen molar-refractivity contribution in [2.75, 3.05) is 12.4 Å². The second-order valence-corrected chi connectivity index (χ2v) is 7.37. The number of anilines is 1. The Labute approximate surface area is 160 Å². The van der Waals surface area contributed by atoms with Crippen LogP contribution in [0.1, 0.15) is 78.0 Å². The number of nitrogens with zero attached hydrogens (tertiary/aromatic N) is 1. The number of carbonyl (C=O) groups excluding carboxylic acids is 1. The zero-order valence-corrected chi connectivity index (χ0v) is 16.8. The number of pyridine rings is 1. The first-order valence-corrected chi connectivity index (χ1v) is 9.71. The van der Waals surface area contributed by atoms with Crippen molar-refractivity contribution in [3.8, 4) is 0 Å². The Bertz CT molecular complexity index is 910. The highest BCUT2D eigenvalue weighted by atomic mass is 16.3. The molecule has 2 heterocycles. The third kappa shape index (κ3) is 3.29. The van der Waals surface area contributed by atoms with Gasteiger partial charge < -0.3 is 15.1 Å². The quantitative estimate of drug-likeness (QED) is 0.836. The largest absolute Gasteiger partial charge is 0.469 e. The lowest BCUT2D eigenvalue weighted by atomic mass is 9.93. The van der Waals surface area contributed by atoms with Crippen LogP contribution < -0.4 is 16.2 Å². The van der Waals surface area contributed by atoms with Gasteiger partial charge in [-0.25, -0.2) is 0 Å². The van der Waals surface area contributed by atoms with Crippen molar-refractivity contribution < 1.29 is 9.21 Å². The first-order valence-electron chi connectivity index (χ1n) is 9.71. The number of carbonyl (C=O) groups is 1. The highest BCUT2D eigenvalue weighted by molar-refractivity contribution is 6.00. The lowest BCUT2D eigenvalue weighted by Crippen LogP contribution is -2.34. The van der Waals surface area contributed by atoms with E-state index in [-0.39, 0.29) is 23.6 Å². The van der Waals surface area contributed by atoms with E-state index in [9.17, 15) is 9.59 Å². The summed E-state index contributed by atoms with van der Waals surface area (Å²) in [5, 5.41) is 6.27. The second kappa shape index (κ2) is 7.62. The van der Waals surface area contributed by atoms with Crippen LogP contribution in [0.5, 0.6) is 0 Å². The maximum Gasteiger partial charge on any atom is 0.255 e. The normalized spacial score (nSPS) is 17.3. The number of nitrogens with one attached hydrogen (secondary N) is 2. The molecule has 6 heteroatoms. The van der Waals surface area contributed by atoms with Crippen molar-refractivity contribution in [1.29, 1.82) is 0 Å². The summed E-state index contributed by atoms with van der Waals surface area (Å²) >= 11 is 0. The van der Waals surface area contributed by atoms with Gasteiger partial charge in [0.1, 0.15) is 11.6 Å². The van der Waals surface area contributed by atoms with Crippen LogP contribution in [0.15, 0.2) is 21.5 Å². The van der Waals surface area contributed by atoms with Crippen molar-refractivity contribution in [3.05, 3.63) is 50.7 Å². The summed E-state index contributed by atoms with van der Waals surface area (Å²) in [6.45, 7) is 7.70. The Kier molecular flexibility index (Phi) is 5.44. The summed E-state index contributed by atoms with van der Waals surface area (Å²) in [6.07, 6.45) is 5.37. The molecule has 2 unspecified atom stereocenters. The summed E-state index contributed by atoms with van der Waals surface area (Å²) in [7, 11) is 1.62. The molecule has 3 rings (SSSR count). The number of rotatable bonds is 5. The smallest absolute Gasteiger partial charge is 0.255 e. The molecule has 146 valence electrons. The van der Waals surface area contributed by atoms with Gasteiger partial charge in [0.05, 0.1) is 17.9 Å². The van der Waals surface area contributed by atoms with Gasteiger partial charge in [0, 0.05) is 30.6 Å². The van der Waals surface area contributed by atoms with E-state index < -0.39 is 0 Å². The Balaban J connectivity index is 2.21. The standard InChI is InChI=1S/C21H29N3O3/c1-6-12(2)24-19(18(20(25)22-5)13(3)14(4)21(24)26)23-16-8-7-9-17-15(16)10-11-27-17/h10-12,16,23H,6-9H2,1-5H3,(H,22,25). The summed E-state index contributed by atoms with van der Waals surface area (Å²) in [5.41, 5.74) is 2.97. The number of amides is 1. The minimum absolute atomic E-state index is 0.0184. The molecule has 0 radical (unpaired) electrons. The number of aryl methyl sites for hydroxylation is 1. The van der Waals surface area contributed by atoms with Gasteiger partial charge in [-0.05, 0) is 51.7 Å². The van der Waals surface area contributed by atoms with Crippen LogP contribution >= 0.6 is 0 Å². The van der Waals surface area contributed by atoms with E-state index in [1.54, 1.807) is 24.8 Å². The second-order valence-electron chi connectivity index (χ2n) is 7.37. The Hall–Kier alpha value is -2.50. The van der Waals surface area contributed by atoms with Crippen LogP contribution in [0.2, 0.25) is 0 Å². The van der Waals surface area contributed by atoms with Crippen LogP contribution in [0, 0.1) is 13.8 Å². The molecule has 1 aliphatic rings. The average Bonchev–Trinajstić information content (AvgIpc) is 3.15. The lowest BCUT2D eigenvalue weighted by Gasteiger charge is -2.29. The number of fused-ring (bicyclic) bond motifs is 1. The molecule has 2 aromatic heterocycles. The average molecular weight is 371 g/mol. The zero-order valence-electron chi connectivity index (χ0n) is 16.8. The fraction of sp³-hybridized carbons (Fsp3) is 0.524. The van der Waals surface area contributed by atoms with Crippen LogP contribution in [-0.2, 0) is 6.42 Å². The number of aromatic nitrogens is 1. The van der Waals surface area contributed by atoms with Gasteiger partial charge in [0.25, 0.3) is 11.5 Å². The van der Waals surface area contributed by atoms with Gasteiger partial charge in [-0.1, -0.05) is 6.92 Å². The monoisotopic (exact) mass is 371 g/mol. The molecule has 0 spiro atoms. The minimum atomic E-state index is -0.182. The molecule has 1 amide bonds. The van der Waals surface area contributed by atoms with Crippen LogP contribution in [-0.4, -0.2) is 17.5 Å². The molecule has 0 aromatic carbocycles. The molecule has 6 nitrogen and oxygen atoms in total. The summed E-state index contributed by atoms with van der Waals surface area (Å²) < 4.78 is 7.35. The van der Waals surface area contributed by atoms with Gasteiger partial charge in [-0.3, -0.25) is 14.2 Å². The zero-order chi connectivity index (χ0) is 19.7.